The Labute approximate surface area is 80.3 Å². The fraction of sp³-hybridized carbons (Fsp3) is 0.750. The van der Waals surface area contributed by atoms with Gasteiger partial charge in [0, 0.05) is 0 Å². The first kappa shape index (κ1) is 8.87. The molecule has 2 aliphatic heterocycles. The lowest BCUT2D eigenvalue weighted by Crippen LogP contribution is -2.67. The van der Waals surface area contributed by atoms with Gasteiger partial charge in [0.05, 0.1) is 23.3 Å². The van der Waals surface area contributed by atoms with Gasteiger partial charge in [-0.3, -0.25) is 4.79 Å². The molecule has 4 nitrogen and oxygen atoms in total. The highest BCUT2D eigenvalue weighted by molar-refractivity contribution is 8.00. The quantitative estimate of drug-likeness (QED) is 0.512. The molecule has 0 N–H and O–H groups in total. The van der Waals surface area contributed by atoms with Crippen LogP contribution in [0.3, 0.4) is 0 Å². The van der Waals surface area contributed by atoms with E-state index in [1.807, 2.05) is 6.92 Å². The largest absolute Gasteiger partial charge is 0.548 e. The minimum Gasteiger partial charge on any atom is -0.548 e. The highest BCUT2D eigenvalue weighted by Gasteiger charge is 2.50. The van der Waals surface area contributed by atoms with Gasteiger partial charge in [0.2, 0.25) is 5.91 Å². The third kappa shape index (κ3) is 1.14. The summed E-state index contributed by atoms with van der Waals surface area (Å²) in [6.45, 7) is 1.84. The van der Waals surface area contributed by atoms with Gasteiger partial charge in [-0.15, -0.1) is 11.8 Å². The highest BCUT2D eigenvalue weighted by atomic mass is 32.2. The second-order valence-electron chi connectivity index (χ2n) is 3.42. The molecular formula is C8H10NO3S-. The number of β-lactam (4-membered cyclic amide) rings is 1. The smallest absolute Gasteiger partial charge is 0.229 e. The van der Waals surface area contributed by atoms with E-state index in [0.29, 0.717) is 6.42 Å². The van der Waals surface area contributed by atoms with Crippen LogP contribution >= 0.6 is 11.8 Å². The number of amides is 1. The molecule has 0 bridgehead atoms. The zero-order valence-electron chi connectivity index (χ0n) is 7.23. The first-order chi connectivity index (χ1) is 6.13. The maximum absolute atomic E-state index is 11.3. The van der Waals surface area contributed by atoms with Crippen LogP contribution in [0.15, 0.2) is 0 Å². The van der Waals surface area contributed by atoms with Crippen molar-refractivity contribution >= 4 is 23.6 Å². The predicted molar refractivity (Wildman–Crippen MR) is 45.7 cm³/mol. The number of nitrogens with zero attached hydrogens (tertiary/aromatic N) is 1. The van der Waals surface area contributed by atoms with E-state index in [0.717, 1.165) is 5.75 Å². The van der Waals surface area contributed by atoms with E-state index in [-0.39, 0.29) is 17.2 Å². The molecule has 0 radical (unpaired) electrons. The van der Waals surface area contributed by atoms with Crippen molar-refractivity contribution in [3.8, 4) is 0 Å². The summed E-state index contributed by atoms with van der Waals surface area (Å²) in [5.74, 6) is -0.388. The topological polar surface area (TPSA) is 60.4 Å². The number of aliphatic carboxylic acids is 1. The monoisotopic (exact) mass is 200 g/mol. The first-order valence-corrected chi connectivity index (χ1v) is 5.32. The Morgan fingerprint density at radius 1 is 1.69 bits per heavy atom. The Balaban J connectivity index is 2.16. The number of thioether (sulfide) groups is 1. The van der Waals surface area contributed by atoms with Crippen LogP contribution in [0, 0.1) is 5.92 Å². The van der Waals surface area contributed by atoms with Crippen molar-refractivity contribution in [1.29, 1.82) is 0 Å². The fourth-order valence-electron chi connectivity index (χ4n) is 1.87. The van der Waals surface area contributed by atoms with E-state index in [2.05, 4.69) is 0 Å². The Bertz CT molecular complexity index is 268. The zero-order chi connectivity index (χ0) is 9.59. The van der Waals surface area contributed by atoms with Crippen molar-refractivity contribution in [2.24, 2.45) is 5.92 Å². The van der Waals surface area contributed by atoms with Crippen LogP contribution in [0.5, 0.6) is 0 Å². The van der Waals surface area contributed by atoms with Gasteiger partial charge in [0.25, 0.3) is 0 Å². The third-order valence-electron chi connectivity index (χ3n) is 2.63. The molecule has 5 heteroatoms. The van der Waals surface area contributed by atoms with Crippen molar-refractivity contribution in [3.05, 3.63) is 0 Å². The number of carboxylic acid groups (broad SMARTS) is 1. The van der Waals surface area contributed by atoms with Crippen LogP contribution in [-0.4, -0.2) is 33.9 Å². The molecule has 0 unspecified atom stereocenters. The van der Waals surface area contributed by atoms with Crippen LogP contribution in [0.1, 0.15) is 13.3 Å². The number of carbonyl (C=O) groups excluding carboxylic acids is 2. The number of carboxylic acids is 1. The van der Waals surface area contributed by atoms with E-state index >= 15 is 0 Å². The molecule has 3 atom stereocenters. The zero-order valence-corrected chi connectivity index (χ0v) is 8.04. The predicted octanol–water partition coefficient (Wildman–Crippen LogP) is -0.954. The van der Waals surface area contributed by atoms with Crippen LogP contribution in [0.2, 0.25) is 0 Å². The number of carbonyl (C=O) groups is 2. The summed E-state index contributed by atoms with van der Waals surface area (Å²) in [6.07, 6.45) is 0.516. The summed E-state index contributed by atoms with van der Waals surface area (Å²) in [7, 11) is 0. The number of hydrogen-bond acceptors (Lipinski definition) is 4. The first-order valence-electron chi connectivity index (χ1n) is 4.27. The molecule has 0 aliphatic carbocycles. The van der Waals surface area contributed by atoms with Crippen LogP contribution in [-0.2, 0) is 9.59 Å². The van der Waals surface area contributed by atoms with Crippen molar-refractivity contribution in [2.75, 3.05) is 5.75 Å². The van der Waals surface area contributed by atoms with Gasteiger partial charge in [-0.25, -0.2) is 0 Å². The SMILES string of the molecule is C[C@@H]1C(=O)N2[C@@H](C(=O)[O-])CCS[C@H]12. The molecule has 0 aromatic heterocycles. The van der Waals surface area contributed by atoms with Gasteiger partial charge in [0.1, 0.15) is 0 Å². The number of rotatable bonds is 1. The van der Waals surface area contributed by atoms with Gasteiger partial charge < -0.3 is 14.8 Å². The molecule has 2 saturated heterocycles. The van der Waals surface area contributed by atoms with E-state index in [4.69, 9.17) is 0 Å². The molecule has 2 aliphatic rings. The second kappa shape index (κ2) is 2.90. The molecular weight excluding hydrogens is 190 g/mol. The summed E-state index contributed by atoms with van der Waals surface area (Å²) in [4.78, 5) is 23.5. The Morgan fingerprint density at radius 3 is 3.00 bits per heavy atom. The van der Waals surface area contributed by atoms with Gasteiger partial charge in [-0.2, -0.15) is 0 Å². The molecule has 13 heavy (non-hydrogen) atoms. The Morgan fingerprint density at radius 2 is 2.38 bits per heavy atom. The summed E-state index contributed by atoms with van der Waals surface area (Å²) in [6, 6.07) is -0.685. The highest BCUT2D eigenvalue weighted by Crippen LogP contribution is 2.41. The molecule has 2 rings (SSSR count). The minimum atomic E-state index is -1.12. The molecule has 2 heterocycles. The lowest BCUT2D eigenvalue weighted by atomic mass is 9.96. The molecule has 2 fully saturated rings. The molecule has 72 valence electrons. The maximum atomic E-state index is 11.3. The maximum Gasteiger partial charge on any atom is 0.229 e. The fourth-order valence-corrected chi connectivity index (χ4v) is 3.29. The molecule has 0 saturated carbocycles. The van der Waals surface area contributed by atoms with E-state index in [1.165, 1.54) is 4.90 Å². The lowest BCUT2D eigenvalue weighted by molar-refractivity contribution is -0.312. The van der Waals surface area contributed by atoms with Crippen molar-refractivity contribution in [2.45, 2.75) is 24.8 Å². The molecule has 0 spiro atoms. The molecule has 1 amide bonds. The lowest BCUT2D eigenvalue weighted by Gasteiger charge is -2.52. The van der Waals surface area contributed by atoms with Crippen LogP contribution in [0.25, 0.3) is 0 Å². The Hall–Kier alpha value is -0.710. The third-order valence-corrected chi connectivity index (χ3v) is 4.08. The average Bonchev–Trinajstić information content (AvgIpc) is 2.15. The summed E-state index contributed by atoms with van der Waals surface area (Å²) >= 11 is 1.66. The van der Waals surface area contributed by atoms with E-state index in [9.17, 15) is 14.7 Å². The van der Waals surface area contributed by atoms with Crippen molar-refractivity contribution in [3.63, 3.8) is 0 Å². The van der Waals surface area contributed by atoms with Crippen molar-refractivity contribution < 1.29 is 14.7 Å². The van der Waals surface area contributed by atoms with Crippen molar-refractivity contribution in [1.82, 2.24) is 4.90 Å². The molecule has 0 aromatic rings. The number of fused-ring (bicyclic) bond motifs is 1. The van der Waals surface area contributed by atoms with E-state index in [1.54, 1.807) is 11.8 Å². The minimum absolute atomic E-state index is 0.0212. The second-order valence-corrected chi connectivity index (χ2v) is 4.64. The normalized spacial score (nSPS) is 38.1. The van der Waals surface area contributed by atoms with Gasteiger partial charge in [-0.1, -0.05) is 6.92 Å². The van der Waals surface area contributed by atoms with Gasteiger partial charge in [0.15, 0.2) is 0 Å². The van der Waals surface area contributed by atoms with Crippen LogP contribution in [0.4, 0.5) is 0 Å². The number of hydrogen-bond donors (Lipinski definition) is 0. The summed E-state index contributed by atoms with van der Waals surface area (Å²) in [5, 5.41) is 10.8. The van der Waals surface area contributed by atoms with Gasteiger partial charge in [-0.05, 0) is 12.2 Å². The van der Waals surface area contributed by atoms with E-state index < -0.39 is 12.0 Å². The summed E-state index contributed by atoms with van der Waals surface area (Å²) < 4.78 is 0. The molecule has 0 aromatic carbocycles. The van der Waals surface area contributed by atoms with Crippen LogP contribution < -0.4 is 5.11 Å². The standard InChI is InChI=1S/C8H11NO3S/c1-4-6(10)9-5(8(11)12)2-3-13-7(4)9/h4-5,7H,2-3H2,1H3,(H,11,12)/p-1/t4-,5-,7-/m1/s1. The summed E-state index contributed by atoms with van der Waals surface area (Å²) in [5.41, 5.74) is 0. The average molecular weight is 200 g/mol. The Kier molecular flexibility index (Phi) is 1.98. The van der Waals surface area contributed by atoms with Gasteiger partial charge >= 0.3 is 0 Å².